The highest BCUT2D eigenvalue weighted by molar-refractivity contribution is 7.62. The molecule has 0 aliphatic carbocycles. The van der Waals surface area contributed by atoms with Crippen molar-refractivity contribution < 1.29 is 13.6 Å². The molecule has 0 N–H and O–H groups in total. The molecule has 0 atom stereocenters. The van der Waals surface area contributed by atoms with Gasteiger partial charge in [0.15, 0.2) is 0 Å². The summed E-state index contributed by atoms with van der Waals surface area (Å²) in [6.07, 6.45) is 0. The molecule has 0 amide bonds. The van der Waals surface area contributed by atoms with E-state index in [4.69, 9.17) is 9.05 Å². The Morgan fingerprint density at radius 2 is 1.81 bits per heavy atom. The third-order valence-corrected chi connectivity index (χ3v) is 4.64. The van der Waals surface area contributed by atoms with Gasteiger partial charge < -0.3 is 13.6 Å². The molecule has 0 saturated carbocycles. The van der Waals surface area contributed by atoms with Gasteiger partial charge in [-0.2, -0.15) is 0 Å². The fraction of sp³-hybridized carbons (Fsp3) is 0.273. The van der Waals surface area contributed by atoms with Crippen molar-refractivity contribution in [2.45, 2.75) is 0 Å². The first-order valence-corrected chi connectivity index (χ1v) is 6.43. The molecule has 5 heteroatoms. The van der Waals surface area contributed by atoms with E-state index >= 15 is 0 Å². The molecular formula is C11H14NO3P. The second-order valence-corrected chi connectivity index (χ2v) is 5.67. The van der Waals surface area contributed by atoms with Gasteiger partial charge in [-0.3, -0.25) is 4.57 Å². The van der Waals surface area contributed by atoms with Crippen molar-refractivity contribution in [3.63, 3.8) is 0 Å². The highest BCUT2D eigenvalue weighted by atomic mass is 31.2. The Hall–Kier alpha value is -1.09. The van der Waals surface area contributed by atoms with Gasteiger partial charge in [0.1, 0.15) is 5.44 Å². The number of hydrogen-bond donors (Lipinski definition) is 0. The van der Waals surface area contributed by atoms with Gasteiger partial charge in [-0.05, 0) is 12.1 Å². The van der Waals surface area contributed by atoms with Crippen LogP contribution in [0, 0.1) is 0 Å². The summed E-state index contributed by atoms with van der Waals surface area (Å²) in [7, 11) is 1.45. The largest absolute Gasteiger partial charge is 0.377 e. The SMILES string of the molecule is COP(=O)(OC)c1cc2ccccc2n1C. The average molecular weight is 239 g/mol. The molecule has 1 heterocycles. The first-order chi connectivity index (χ1) is 7.62. The minimum absolute atomic E-state index is 0.568. The monoisotopic (exact) mass is 239 g/mol. The van der Waals surface area contributed by atoms with Crippen LogP contribution in [0.3, 0.4) is 0 Å². The normalized spacial score (nSPS) is 12.2. The highest BCUT2D eigenvalue weighted by Gasteiger charge is 2.28. The number of nitrogens with zero attached hydrogens (tertiary/aromatic N) is 1. The highest BCUT2D eigenvalue weighted by Crippen LogP contribution is 2.45. The zero-order valence-electron chi connectivity index (χ0n) is 9.51. The molecule has 0 radical (unpaired) electrons. The fourth-order valence-electron chi connectivity index (χ4n) is 1.80. The summed E-state index contributed by atoms with van der Waals surface area (Å²) < 4.78 is 24.1. The molecular weight excluding hydrogens is 225 g/mol. The van der Waals surface area contributed by atoms with Gasteiger partial charge in [-0.25, -0.2) is 0 Å². The second-order valence-electron chi connectivity index (χ2n) is 3.48. The van der Waals surface area contributed by atoms with E-state index < -0.39 is 7.60 Å². The topological polar surface area (TPSA) is 40.5 Å². The number of aryl methyl sites for hydroxylation is 1. The van der Waals surface area contributed by atoms with Crippen LogP contribution in [0.1, 0.15) is 0 Å². The lowest BCUT2D eigenvalue weighted by Gasteiger charge is -2.14. The summed E-state index contributed by atoms with van der Waals surface area (Å²) in [5.74, 6) is 0. The molecule has 0 unspecified atom stereocenters. The molecule has 0 saturated heterocycles. The Morgan fingerprint density at radius 1 is 1.19 bits per heavy atom. The smallest absolute Gasteiger partial charge is 0.337 e. The number of para-hydroxylation sites is 1. The first-order valence-electron chi connectivity index (χ1n) is 4.89. The van der Waals surface area contributed by atoms with Crippen molar-refractivity contribution in [3.8, 4) is 0 Å². The van der Waals surface area contributed by atoms with Crippen LogP contribution >= 0.6 is 7.60 Å². The minimum Gasteiger partial charge on any atom is -0.337 e. The minimum atomic E-state index is -3.18. The number of benzene rings is 1. The molecule has 4 nitrogen and oxygen atoms in total. The molecule has 86 valence electrons. The molecule has 0 bridgehead atoms. The van der Waals surface area contributed by atoms with E-state index in [-0.39, 0.29) is 0 Å². The zero-order chi connectivity index (χ0) is 11.8. The zero-order valence-corrected chi connectivity index (χ0v) is 10.4. The van der Waals surface area contributed by atoms with Crippen molar-refractivity contribution in [1.29, 1.82) is 0 Å². The van der Waals surface area contributed by atoms with Crippen molar-refractivity contribution in [2.24, 2.45) is 7.05 Å². The standard InChI is InChI=1S/C11H14NO3P/c1-12-10-7-5-4-6-9(10)8-11(12)16(13,14-2)15-3/h4-8H,1-3H3. The van der Waals surface area contributed by atoms with E-state index in [1.807, 2.05) is 41.9 Å². The fourth-order valence-corrected chi connectivity index (χ4v) is 3.09. The van der Waals surface area contributed by atoms with Gasteiger partial charge >= 0.3 is 7.60 Å². The maximum absolute atomic E-state index is 12.3. The summed E-state index contributed by atoms with van der Waals surface area (Å²) >= 11 is 0. The molecule has 0 fully saturated rings. The molecule has 2 rings (SSSR count). The van der Waals surface area contributed by atoms with E-state index in [0.29, 0.717) is 5.44 Å². The average Bonchev–Trinajstić information content (AvgIpc) is 2.67. The van der Waals surface area contributed by atoms with Crippen molar-refractivity contribution in [2.75, 3.05) is 14.2 Å². The Bertz CT molecular complexity index is 553. The summed E-state index contributed by atoms with van der Waals surface area (Å²) in [6, 6.07) is 9.65. The Kier molecular flexibility index (Phi) is 2.89. The number of rotatable bonds is 3. The summed E-state index contributed by atoms with van der Waals surface area (Å²) in [4.78, 5) is 0. The predicted molar refractivity (Wildman–Crippen MR) is 64.2 cm³/mol. The predicted octanol–water partition coefficient (Wildman–Crippen LogP) is 2.29. The molecule has 0 spiro atoms. The van der Waals surface area contributed by atoms with Crippen molar-refractivity contribution >= 4 is 23.9 Å². The molecule has 1 aromatic heterocycles. The van der Waals surface area contributed by atoms with Crippen LogP contribution < -0.4 is 5.44 Å². The van der Waals surface area contributed by atoms with Gasteiger partial charge in [-0.15, -0.1) is 0 Å². The van der Waals surface area contributed by atoms with Gasteiger partial charge in [0.25, 0.3) is 0 Å². The Labute approximate surface area is 94.3 Å². The van der Waals surface area contributed by atoms with Gasteiger partial charge in [0, 0.05) is 32.2 Å². The van der Waals surface area contributed by atoms with Crippen LogP contribution in [0.5, 0.6) is 0 Å². The van der Waals surface area contributed by atoms with Crippen molar-refractivity contribution in [1.82, 2.24) is 4.57 Å². The summed E-state index contributed by atoms with van der Waals surface area (Å²) in [5, 5.41) is 1.02. The van der Waals surface area contributed by atoms with Crippen molar-refractivity contribution in [3.05, 3.63) is 30.3 Å². The third kappa shape index (κ3) is 1.59. The van der Waals surface area contributed by atoms with E-state index in [1.165, 1.54) is 14.2 Å². The van der Waals surface area contributed by atoms with E-state index in [2.05, 4.69) is 0 Å². The summed E-state index contributed by atoms with van der Waals surface area (Å²) in [5.41, 5.74) is 1.57. The molecule has 1 aromatic carbocycles. The van der Waals surface area contributed by atoms with Crippen LogP contribution in [-0.2, 0) is 20.7 Å². The maximum atomic E-state index is 12.3. The molecule has 0 aliphatic heterocycles. The third-order valence-electron chi connectivity index (χ3n) is 2.69. The van der Waals surface area contributed by atoms with Crippen LogP contribution in [0.4, 0.5) is 0 Å². The number of fused-ring (bicyclic) bond motifs is 1. The molecule has 16 heavy (non-hydrogen) atoms. The van der Waals surface area contributed by atoms with Crippen LogP contribution in [-0.4, -0.2) is 18.8 Å². The van der Waals surface area contributed by atoms with E-state index in [1.54, 1.807) is 0 Å². The second kappa shape index (κ2) is 4.06. The first kappa shape index (κ1) is 11.4. The lowest BCUT2D eigenvalue weighted by molar-refractivity contribution is 0.286. The lowest BCUT2D eigenvalue weighted by Crippen LogP contribution is -2.15. The van der Waals surface area contributed by atoms with E-state index in [9.17, 15) is 4.57 Å². The van der Waals surface area contributed by atoms with Gasteiger partial charge in [-0.1, -0.05) is 18.2 Å². The van der Waals surface area contributed by atoms with Gasteiger partial charge in [0.05, 0.1) is 0 Å². The lowest BCUT2D eigenvalue weighted by atomic mass is 10.2. The molecule has 0 aliphatic rings. The van der Waals surface area contributed by atoms with E-state index in [0.717, 1.165) is 10.9 Å². The maximum Gasteiger partial charge on any atom is 0.377 e. The Morgan fingerprint density at radius 3 is 2.38 bits per heavy atom. The Balaban J connectivity index is 2.70. The van der Waals surface area contributed by atoms with Gasteiger partial charge in [0.2, 0.25) is 0 Å². The molecule has 2 aromatic rings. The number of hydrogen-bond acceptors (Lipinski definition) is 3. The van der Waals surface area contributed by atoms with Crippen LogP contribution in [0.25, 0.3) is 10.9 Å². The number of aromatic nitrogens is 1. The summed E-state index contributed by atoms with van der Waals surface area (Å²) in [6.45, 7) is 0. The quantitative estimate of drug-likeness (QED) is 0.771. The van der Waals surface area contributed by atoms with Crippen LogP contribution in [0.15, 0.2) is 30.3 Å². The van der Waals surface area contributed by atoms with Crippen LogP contribution in [0.2, 0.25) is 0 Å².